The number of aryl methyl sites for hydroxylation is 1. The first-order valence-electron chi connectivity index (χ1n) is 3.73. The van der Waals surface area contributed by atoms with Crippen molar-refractivity contribution >= 4 is 11.4 Å². The predicted octanol–water partition coefficient (Wildman–Crippen LogP) is 1.26. The zero-order valence-electron chi connectivity index (χ0n) is 6.89. The van der Waals surface area contributed by atoms with Gasteiger partial charge < -0.3 is 11.2 Å². The van der Waals surface area contributed by atoms with Crippen LogP contribution >= 0.6 is 0 Å². The summed E-state index contributed by atoms with van der Waals surface area (Å²) in [6.07, 6.45) is 0.626. The fourth-order valence-electron chi connectivity index (χ4n) is 1.03. The standard InChI is InChI=1S/C8H12FN3/c1-2-5-3-8(12-11)7(10)4-6(5)9/h3-4,12H,2,10-11H2,1H3. The van der Waals surface area contributed by atoms with Crippen molar-refractivity contribution < 1.29 is 4.39 Å². The number of nitrogens with two attached hydrogens (primary N) is 2. The van der Waals surface area contributed by atoms with E-state index in [0.29, 0.717) is 23.4 Å². The predicted molar refractivity (Wildman–Crippen MR) is 48.0 cm³/mol. The summed E-state index contributed by atoms with van der Waals surface area (Å²) in [6, 6.07) is 2.89. The van der Waals surface area contributed by atoms with E-state index in [4.69, 9.17) is 11.6 Å². The van der Waals surface area contributed by atoms with E-state index in [1.165, 1.54) is 6.07 Å². The molecule has 0 radical (unpaired) electrons. The molecule has 0 saturated carbocycles. The maximum atomic E-state index is 13.0. The minimum absolute atomic E-state index is 0.283. The lowest BCUT2D eigenvalue weighted by Crippen LogP contribution is -2.10. The zero-order valence-corrected chi connectivity index (χ0v) is 6.89. The fourth-order valence-corrected chi connectivity index (χ4v) is 1.03. The van der Waals surface area contributed by atoms with Gasteiger partial charge in [-0.15, -0.1) is 0 Å². The van der Waals surface area contributed by atoms with E-state index >= 15 is 0 Å². The molecular weight excluding hydrogens is 157 g/mol. The van der Waals surface area contributed by atoms with Gasteiger partial charge in [0, 0.05) is 0 Å². The van der Waals surface area contributed by atoms with Crippen molar-refractivity contribution in [3.05, 3.63) is 23.5 Å². The monoisotopic (exact) mass is 169 g/mol. The average Bonchev–Trinajstić information content (AvgIpc) is 2.05. The van der Waals surface area contributed by atoms with Crippen LogP contribution in [-0.4, -0.2) is 0 Å². The highest BCUT2D eigenvalue weighted by Crippen LogP contribution is 2.22. The molecule has 3 nitrogen and oxygen atoms in total. The van der Waals surface area contributed by atoms with Gasteiger partial charge in [0.25, 0.3) is 0 Å². The number of halogens is 1. The number of nitrogens with one attached hydrogen (secondary N) is 1. The number of hydrogen-bond donors (Lipinski definition) is 3. The minimum Gasteiger partial charge on any atom is -0.397 e. The van der Waals surface area contributed by atoms with Crippen molar-refractivity contribution in [3.8, 4) is 0 Å². The molecule has 0 fully saturated rings. The van der Waals surface area contributed by atoms with Crippen molar-refractivity contribution in [3.63, 3.8) is 0 Å². The van der Waals surface area contributed by atoms with Crippen LogP contribution in [0.25, 0.3) is 0 Å². The van der Waals surface area contributed by atoms with E-state index < -0.39 is 0 Å². The Morgan fingerprint density at radius 1 is 1.50 bits per heavy atom. The zero-order chi connectivity index (χ0) is 9.14. The van der Waals surface area contributed by atoms with Crippen LogP contribution in [0.5, 0.6) is 0 Å². The number of benzene rings is 1. The smallest absolute Gasteiger partial charge is 0.128 e. The van der Waals surface area contributed by atoms with Gasteiger partial charge >= 0.3 is 0 Å². The molecular formula is C8H12FN3. The van der Waals surface area contributed by atoms with Crippen molar-refractivity contribution in [1.82, 2.24) is 0 Å². The second-order valence-electron chi connectivity index (χ2n) is 2.53. The molecule has 0 aliphatic carbocycles. The lowest BCUT2D eigenvalue weighted by atomic mass is 10.1. The summed E-state index contributed by atoms with van der Waals surface area (Å²) in [5, 5.41) is 0. The number of hydrazine groups is 1. The summed E-state index contributed by atoms with van der Waals surface area (Å²) < 4.78 is 13.0. The lowest BCUT2D eigenvalue weighted by molar-refractivity contribution is 0.613. The number of rotatable bonds is 2. The van der Waals surface area contributed by atoms with Crippen molar-refractivity contribution in [2.24, 2.45) is 5.84 Å². The Balaban J connectivity index is 3.18. The number of hydrogen-bond acceptors (Lipinski definition) is 3. The van der Waals surface area contributed by atoms with E-state index in [9.17, 15) is 4.39 Å². The summed E-state index contributed by atoms with van der Waals surface area (Å²) >= 11 is 0. The molecule has 0 bridgehead atoms. The van der Waals surface area contributed by atoms with Gasteiger partial charge in [-0.3, -0.25) is 5.84 Å². The second-order valence-corrected chi connectivity index (χ2v) is 2.53. The Morgan fingerprint density at radius 2 is 2.17 bits per heavy atom. The topological polar surface area (TPSA) is 64.1 Å². The van der Waals surface area contributed by atoms with Gasteiger partial charge in [-0.2, -0.15) is 0 Å². The van der Waals surface area contributed by atoms with Gasteiger partial charge in [0.15, 0.2) is 0 Å². The van der Waals surface area contributed by atoms with Gasteiger partial charge in [0.05, 0.1) is 11.4 Å². The summed E-state index contributed by atoms with van der Waals surface area (Å²) in [5.41, 5.74) is 9.38. The molecule has 0 atom stereocenters. The number of anilines is 2. The third-order valence-electron chi connectivity index (χ3n) is 1.75. The molecule has 4 heteroatoms. The van der Waals surface area contributed by atoms with Crippen molar-refractivity contribution in [2.75, 3.05) is 11.2 Å². The van der Waals surface area contributed by atoms with Gasteiger partial charge in [0.1, 0.15) is 5.82 Å². The summed E-state index contributed by atoms with van der Waals surface area (Å²) in [6.45, 7) is 1.87. The lowest BCUT2D eigenvalue weighted by Gasteiger charge is -2.07. The van der Waals surface area contributed by atoms with Crippen molar-refractivity contribution in [2.45, 2.75) is 13.3 Å². The number of nitrogen functional groups attached to an aromatic ring is 2. The maximum Gasteiger partial charge on any atom is 0.128 e. The minimum atomic E-state index is -0.283. The largest absolute Gasteiger partial charge is 0.397 e. The molecule has 12 heavy (non-hydrogen) atoms. The molecule has 0 aliphatic heterocycles. The Bertz CT molecular complexity index is 261. The molecule has 0 saturated heterocycles. The molecule has 0 aromatic heterocycles. The van der Waals surface area contributed by atoms with Crippen LogP contribution in [0, 0.1) is 5.82 Å². The second kappa shape index (κ2) is 3.40. The van der Waals surface area contributed by atoms with Crippen LogP contribution in [0.2, 0.25) is 0 Å². The van der Waals surface area contributed by atoms with Gasteiger partial charge in [-0.05, 0) is 24.1 Å². The van der Waals surface area contributed by atoms with Crippen LogP contribution in [0.15, 0.2) is 12.1 Å². The molecule has 0 aliphatic rings. The Labute approximate surface area is 70.5 Å². The molecule has 1 aromatic rings. The van der Waals surface area contributed by atoms with Gasteiger partial charge in [-0.25, -0.2) is 4.39 Å². The molecule has 0 heterocycles. The summed E-state index contributed by atoms with van der Waals surface area (Å²) in [5.74, 6) is 4.89. The molecule has 0 spiro atoms. The van der Waals surface area contributed by atoms with E-state index in [0.717, 1.165) is 0 Å². The molecule has 5 N–H and O–H groups in total. The molecule has 0 amide bonds. The van der Waals surface area contributed by atoms with Gasteiger partial charge in [-0.1, -0.05) is 6.92 Å². The van der Waals surface area contributed by atoms with E-state index in [-0.39, 0.29) is 5.82 Å². The van der Waals surface area contributed by atoms with E-state index in [1.807, 2.05) is 6.92 Å². The highest BCUT2D eigenvalue weighted by Gasteiger charge is 2.04. The third kappa shape index (κ3) is 1.48. The highest BCUT2D eigenvalue weighted by molar-refractivity contribution is 5.66. The highest BCUT2D eigenvalue weighted by atomic mass is 19.1. The third-order valence-corrected chi connectivity index (χ3v) is 1.75. The first-order valence-corrected chi connectivity index (χ1v) is 3.73. The van der Waals surface area contributed by atoms with Crippen LogP contribution in [-0.2, 0) is 6.42 Å². The SMILES string of the molecule is CCc1cc(NN)c(N)cc1F. The Morgan fingerprint density at radius 3 is 2.67 bits per heavy atom. The fraction of sp³-hybridized carbons (Fsp3) is 0.250. The van der Waals surface area contributed by atoms with Crippen LogP contribution < -0.4 is 17.0 Å². The molecule has 1 aromatic carbocycles. The van der Waals surface area contributed by atoms with Crippen LogP contribution in [0.4, 0.5) is 15.8 Å². The summed E-state index contributed by atoms with van der Waals surface area (Å²) in [7, 11) is 0. The molecule has 1 rings (SSSR count). The first-order chi connectivity index (χ1) is 5.69. The quantitative estimate of drug-likeness (QED) is 0.355. The van der Waals surface area contributed by atoms with Crippen molar-refractivity contribution in [1.29, 1.82) is 0 Å². The van der Waals surface area contributed by atoms with Crippen LogP contribution in [0.3, 0.4) is 0 Å². The first kappa shape index (κ1) is 8.80. The van der Waals surface area contributed by atoms with E-state index in [2.05, 4.69) is 5.43 Å². The maximum absolute atomic E-state index is 13.0. The average molecular weight is 169 g/mol. The van der Waals surface area contributed by atoms with Crippen LogP contribution in [0.1, 0.15) is 12.5 Å². The molecule has 0 unspecified atom stereocenters. The molecule has 66 valence electrons. The van der Waals surface area contributed by atoms with E-state index in [1.54, 1.807) is 6.07 Å². The normalized spacial score (nSPS) is 9.92. The Kier molecular flexibility index (Phi) is 2.50. The van der Waals surface area contributed by atoms with Gasteiger partial charge in [0.2, 0.25) is 0 Å². The Hall–Kier alpha value is -1.29. The summed E-state index contributed by atoms with van der Waals surface area (Å²) in [4.78, 5) is 0.